The Bertz CT molecular complexity index is 794. The average molecular weight is 308 g/mol. The first kappa shape index (κ1) is 14.8. The summed E-state index contributed by atoms with van der Waals surface area (Å²) in [5, 5.41) is 2.57. The van der Waals surface area contributed by atoms with Crippen molar-refractivity contribution in [3.05, 3.63) is 65.4 Å². The molecule has 2 aromatic carbocycles. The molecule has 2 amide bonds. The molecule has 5 nitrogen and oxygen atoms in total. The van der Waals surface area contributed by atoms with Gasteiger partial charge in [-0.15, -0.1) is 0 Å². The van der Waals surface area contributed by atoms with E-state index in [0.717, 1.165) is 11.3 Å². The van der Waals surface area contributed by atoms with E-state index < -0.39 is 0 Å². The van der Waals surface area contributed by atoms with Gasteiger partial charge in [-0.25, -0.2) is 0 Å². The Labute approximate surface area is 134 Å². The molecule has 0 bridgehead atoms. The highest BCUT2D eigenvalue weighted by Gasteiger charge is 2.27. The molecule has 1 aliphatic rings. The number of carbonyl (C=O) groups excluding carboxylic acids is 2. The molecule has 23 heavy (non-hydrogen) atoms. The smallest absolute Gasteiger partial charge is 0.293 e. The van der Waals surface area contributed by atoms with Gasteiger partial charge in [0.1, 0.15) is 0 Å². The van der Waals surface area contributed by atoms with Crippen LogP contribution < -0.4 is 15.0 Å². The predicted octanol–water partition coefficient (Wildman–Crippen LogP) is 2.44. The lowest BCUT2D eigenvalue weighted by Crippen LogP contribution is -2.33. The molecule has 1 heterocycles. The third-order valence-electron chi connectivity index (χ3n) is 3.66. The molecule has 0 radical (unpaired) electrons. The number of ether oxygens (including phenoxy) is 1. The lowest BCUT2D eigenvalue weighted by atomic mass is 10.1. The number of benzene rings is 2. The van der Waals surface area contributed by atoms with E-state index in [1.807, 2.05) is 24.3 Å². The molecule has 0 spiro atoms. The summed E-state index contributed by atoms with van der Waals surface area (Å²) >= 11 is 0. The summed E-state index contributed by atoms with van der Waals surface area (Å²) in [6.07, 6.45) is 1.67. The number of hydrogen-bond acceptors (Lipinski definition) is 3. The van der Waals surface area contributed by atoms with Crippen LogP contribution in [0, 0.1) is 0 Å². The zero-order valence-corrected chi connectivity index (χ0v) is 12.9. The summed E-state index contributed by atoms with van der Waals surface area (Å²) < 4.78 is 5.71. The molecule has 1 N–H and O–H groups in total. The van der Waals surface area contributed by atoms with E-state index in [2.05, 4.69) is 5.32 Å². The van der Waals surface area contributed by atoms with Crippen molar-refractivity contribution in [2.24, 2.45) is 0 Å². The van der Waals surface area contributed by atoms with Gasteiger partial charge in [0.05, 0.1) is 5.69 Å². The highest BCUT2D eigenvalue weighted by molar-refractivity contribution is 6.09. The quantitative estimate of drug-likeness (QED) is 0.867. The Morgan fingerprint density at radius 3 is 2.52 bits per heavy atom. The molecule has 5 heteroatoms. The number of rotatable bonds is 2. The molecule has 2 aromatic rings. The van der Waals surface area contributed by atoms with Gasteiger partial charge in [0, 0.05) is 19.7 Å². The van der Waals surface area contributed by atoms with E-state index in [-0.39, 0.29) is 17.6 Å². The second kappa shape index (κ2) is 5.96. The van der Waals surface area contributed by atoms with Crippen molar-refractivity contribution in [2.45, 2.75) is 0 Å². The van der Waals surface area contributed by atoms with Gasteiger partial charge in [-0.3, -0.25) is 9.59 Å². The fourth-order valence-electron chi connectivity index (χ4n) is 2.38. The third-order valence-corrected chi connectivity index (χ3v) is 3.66. The van der Waals surface area contributed by atoms with Crippen molar-refractivity contribution in [1.82, 2.24) is 5.32 Å². The van der Waals surface area contributed by atoms with Crippen molar-refractivity contribution < 1.29 is 14.3 Å². The molecular formula is C18H16N2O3. The number of fused-ring (bicyclic) bond motifs is 1. The summed E-state index contributed by atoms with van der Waals surface area (Å²) in [4.78, 5) is 25.5. The van der Waals surface area contributed by atoms with Crippen LogP contribution in [0.3, 0.4) is 0 Å². The number of para-hydroxylation sites is 2. The number of nitrogens with zero attached hydrogens (tertiary/aromatic N) is 1. The van der Waals surface area contributed by atoms with E-state index in [1.165, 1.54) is 0 Å². The minimum atomic E-state index is -0.209. The minimum Gasteiger partial charge on any atom is -0.449 e. The zero-order valence-electron chi connectivity index (χ0n) is 12.9. The Hall–Kier alpha value is -3.08. The van der Waals surface area contributed by atoms with Gasteiger partial charge >= 0.3 is 0 Å². The Kier molecular flexibility index (Phi) is 3.85. The molecule has 0 atom stereocenters. The van der Waals surface area contributed by atoms with Crippen LogP contribution in [0.25, 0.3) is 6.08 Å². The second-order valence-electron chi connectivity index (χ2n) is 5.14. The van der Waals surface area contributed by atoms with Crippen molar-refractivity contribution in [3.8, 4) is 5.75 Å². The average Bonchev–Trinajstić information content (AvgIpc) is 2.59. The lowest BCUT2D eigenvalue weighted by Gasteiger charge is -2.27. The largest absolute Gasteiger partial charge is 0.449 e. The molecule has 0 unspecified atom stereocenters. The van der Waals surface area contributed by atoms with Crippen molar-refractivity contribution in [3.63, 3.8) is 0 Å². The van der Waals surface area contributed by atoms with Crippen LogP contribution in [-0.2, 0) is 4.79 Å². The summed E-state index contributed by atoms with van der Waals surface area (Å²) in [6.45, 7) is 0. The molecule has 0 aromatic heterocycles. The highest BCUT2D eigenvalue weighted by atomic mass is 16.5. The minimum absolute atomic E-state index is 0.150. The molecule has 0 fully saturated rings. The first-order valence-corrected chi connectivity index (χ1v) is 7.19. The fraction of sp³-hybridized carbons (Fsp3) is 0.111. The van der Waals surface area contributed by atoms with Gasteiger partial charge in [-0.05, 0) is 35.9 Å². The van der Waals surface area contributed by atoms with E-state index >= 15 is 0 Å². The SMILES string of the molecule is CNC(=O)c1ccc(/C=C2/Oc3ccccc3N(C)C2=O)cc1. The molecule has 116 valence electrons. The van der Waals surface area contributed by atoms with Gasteiger partial charge in [-0.2, -0.15) is 0 Å². The first-order chi connectivity index (χ1) is 11.1. The Morgan fingerprint density at radius 1 is 1.13 bits per heavy atom. The maximum atomic E-state index is 12.4. The van der Waals surface area contributed by atoms with Crippen molar-refractivity contribution in [1.29, 1.82) is 0 Å². The number of anilines is 1. The Morgan fingerprint density at radius 2 is 1.83 bits per heavy atom. The normalized spacial score (nSPS) is 15.1. The number of carbonyl (C=O) groups is 2. The standard InChI is InChI=1S/C18H16N2O3/c1-19-17(21)13-9-7-12(8-10-13)11-16-18(22)20(2)14-5-3-4-6-15(14)23-16/h3-11H,1-2H3,(H,19,21)/b16-11+. The summed E-state index contributed by atoms with van der Waals surface area (Å²) in [7, 11) is 3.30. The Balaban J connectivity index is 1.91. The van der Waals surface area contributed by atoms with Gasteiger partial charge in [0.25, 0.3) is 11.8 Å². The number of hydrogen-bond donors (Lipinski definition) is 1. The van der Waals surface area contributed by atoms with E-state index in [1.54, 1.807) is 49.3 Å². The van der Waals surface area contributed by atoms with Gasteiger partial charge in [0.15, 0.2) is 11.5 Å². The van der Waals surface area contributed by atoms with Crippen LogP contribution >= 0.6 is 0 Å². The maximum absolute atomic E-state index is 12.4. The van der Waals surface area contributed by atoms with Gasteiger partial charge < -0.3 is 15.0 Å². The number of nitrogens with one attached hydrogen (secondary N) is 1. The molecule has 3 rings (SSSR count). The lowest BCUT2D eigenvalue weighted by molar-refractivity contribution is -0.117. The fourth-order valence-corrected chi connectivity index (χ4v) is 2.38. The molecule has 0 saturated carbocycles. The van der Waals surface area contributed by atoms with Crippen LogP contribution in [0.15, 0.2) is 54.3 Å². The highest BCUT2D eigenvalue weighted by Crippen LogP contribution is 2.34. The van der Waals surface area contributed by atoms with E-state index in [0.29, 0.717) is 11.3 Å². The molecule has 1 aliphatic heterocycles. The topological polar surface area (TPSA) is 58.6 Å². The summed E-state index contributed by atoms with van der Waals surface area (Å²) in [5.74, 6) is 0.531. The van der Waals surface area contributed by atoms with E-state index in [9.17, 15) is 9.59 Å². The monoisotopic (exact) mass is 308 g/mol. The first-order valence-electron chi connectivity index (χ1n) is 7.19. The van der Waals surface area contributed by atoms with Crippen LogP contribution in [0.5, 0.6) is 5.75 Å². The maximum Gasteiger partial charge on any atom is 0.293 e. The third kappa shape index (κ3) is 2.81. The predicted molar refractivity (Wildman–Crippen MR) is 88.3 cm³/mol. The van der Waals surface area contributed by atoms with E-state index in [4.69, 9.17) is 4.74 Å². The molecule has 0 aliphatic carbocycles. The zero-order chi connectivity index (χ0) is 16.4. The summed E-state index contributed by atoms with van der Waals surface area (Å²) in [5.41, 5.74) is 2.09. The van der Waals surface area contributed by atoms with Gasteiger partial charge in [-0.1, -0.05) is 24.3 Å². The van der Waals surface area contributed by atoms with Crippen molar-refractivity contribution in [2.75, 3.05) is 19.0 Å². The van der Waals surface area contributed by atoms with Crippen molar-refractivity contribution >= 4 is 23.6 Å². The molecule has 0 saturated heterocycles. The number of amides is 2. The molecular weight excluding hydrogens is 292 g/mol. The second-order valence-corrected chi connectivity index (χ2v) is 5.14. The van der Waals surface area contributed by atoms with Crippen LogP contribution in [0.1, 0.15) is 15.9 Å². The van der Waals surface area contributed by atoms with Gasteiger partial charge in [0.2, 0.25) is 0 Å². The van der Waals surface area contributed by atoms with Crippen LogP contribution in [-0.4, -0.2) is 25.9 Å². The number of likely N-dealkylation sites (N-methyl/N-ethyl adjacent to an activating group) is 1. The van der Waals surface area contributed by atoms with Crippen LogP contribution in [0.2, 0.25) is 0 Å². The van der Waals surface area contributed by atoms with Crippen LogP contribution in [0.4, 0.5) is 5.69 Å². The summed E-state index contributed by atoms with van der Waals surface area (Å²) in [6, 6.07) is 14.3.